The number of nitrogens with two attached hydrogens (primary N) is 2. The first kappa shape index (κ1) is 40.5. The van der Waals surface area contributed by atoms with Gasteiger partial charge in [0.05, 0.1) is 13.2 Å². The summed E-state index contributed by atoms with van der Waals surface area (Å²) in [5.74, 6) is 3.46. The Hall–Kier alpha value is -1.26. The van der Waals surface area contributed by atoms with Crippen LogP contribution < -0.4 is 22.1 Å². The SMILES string of the molecule is COC(=O)C(NC(=O)CCC(C)C1CCC2C3C(CC[C@]12C)[C@@]1(C)CCC(CNCCCN(CCCN)CCCN)C[C@H]1C[C@H]3O)C(C)C. The third kappa shape index (κ3) is 9.60. The molecule has 9 heteroatoms. The number of carbonyl (C=O) groups is 2. The van der Waals surface area contributed by atoms with Gasteiger partial charge in [-0.3, -0.25) is 4.79 Å². The van der Waals surface area contributed by atoms with Gasteiger partial charge >= 0.3 is 5.97 Å². The third-order valence-electron chi connectivity index (χ3n) is 14.4. The smallest absolute Gasteiger partial charge is 0.328 e. The second kappa shape index (κ2) is 18.5. The molecule has 4 aliphatic rings. The van der Waals surface area contributed by atoms with Crippen LogP contribution in [0.2, 0.25) is 0 Å². The molecule has 284 valence electrons. The van der Waals surface area contributed by atoms with Gasteiger partial charge in [0.2, 0.25) is 5.91 Å². The molecule has 0 spiro atoms. The molecule has 0 aromatic rings. The second-order valence-electron chi connectivity index (χ2n) is 17.7. The van der Waals surface area contributed by atoms with Crippen molar-refractivity contribution in [2.45, 2.75) is 130 Å². The molecule has 0 bridgehead atoms. The van der Waals surface area contributed by atoms with Gasteiger partial charge in [-0.25, -0.2) is 4.79 Å². The summed E-state index contributed by atoms with van der Waals surface area (Å²) in [6.07, 6.45) is 14.0. The molecule has 0 radical (unpaired) electrons. The summed E-state index contributed by atoms with van der Waals surface area (Å²) >= 11 is 0. The minimum atomic E-state index is -0.597. The zero-order chi connectivity index (χ0) is 35.8. The van der Waals surface area contributed by atoms with Crippen LogP contribution in [-0.2, 0) is 14.3 Å². The number of hydrogen-bond acceptors (Lipinski definition) is 8. The predicted octanol–water partition coefficient (Wildman–Crippen LogP) is 4.94. The Balaban J connectivity index is 1.27. The highest BCUT2D eigenvalue weighted by Crippen LogP contribution is 2.68. The fraction of sp³-hybridized carbons (Fsp3) is 0.950. The van der Waals surface area contributed by atoms with Crippen LogP contribution in [0.5, 0.6) is 0 Å². The Morgan fingerprint density at radius 1 is 0.918 bits per heavy atom. The molecule has 9 nitrogen and oxygen atoms in total. The number of amides is 1. The lowest BCUT2D eigenvalue weighted by atomic mass is 9.43. The molecular weight excluding hydrogens is 614 g/mol. The van der Waals surface area contributed by atoms with Crippen LogP contribution in [0.15, 0.2) is 0 Å². The van der Waals surface area contributed by atoms with Crippen molar-refractivity contribution in [1.29, 1.82) is 0 Å². The van der Waals surface area contributed by atoms with Crippen molar-refractivity contribution in [2.75, 3.05) is 52.9 Å². The van der Waals surface area contributed by atoms with Gasteiger partial charge in [-0.05, 0) is 181 Å². The Morgan fingerprint density at radius 2 is 1.57 bits per heavy atom. The standard InChI is InChI=1S/C40H75N5O4/c1-27(2)37(38(48)49-6)44-35(47)13-10-28(3)31-11-12-32-36-33(15-17-40(31,32)5)39(4)16-14-29(24-30(39)25-34(36)46)26-43-20-9-23-45(21-7-18-41)22-8-19-42/h27-34,36-37,43,46H,7-26,41-42H2,1-6H3,(H,44,47)/t28?,29?,30-,31?,32?,33?,34+,36?,37?,39-,40+/m0/s1. The Kier molecular flexibility index (Phi) is 15.3. The number of aliphatic hydroxyl groups excluding tert-OH is 1. The van der Waals surface area contributed by atoms with E-state index in [2.05, 4.69) is 36.3 Å². The minimum Gasteiger partial charge on any atom is -0.467 e. The topological polar surface area (TPSA) is 143 Å². The monoisotopic (exact) mass is 690 g/mol. The number of fused-ring (bicyclic) bond motifs is 5. The first-order valence-electron chi connectivity index (χ1n) is 20.3. The van der Waals surface area contributed by atoms with Crippen molar-refractivity contribution in [1.82, 2.24) is 15.5 Å². The molecule has 0 aromatic heterocycles. The van der Waals surface area contributed by atoms with E-state index in [9.17, 15) is 14.7 Å². The average molecular weight is 690 g/mol. The van der Waals surface area contributed by atoms with Crippen LogP contribution >= 0.6 is 0 Å². The zero-order valence-electron chi connectivity index (χ0n) is 32.2. The Bertz CT molecular complexity index is 1040. The third-order valence-corrected chi connectivity index (χ3v) is 14.4. The first-order valence-corrected chi connectivity index (χ1v) is 20.3. The average Bonchev–Trinajstić information content (AvgIpc) is 3.43. The molecule has 0 saturated heterocycles. The second-order valence-corrected chi connectivity index (χ2v) is 17.7. The summed E-state index contributed by atoms with van der Waals surface area (Å²) < 4.78 is 4.92. The molecule has 7 unspecified atom stereocenters. The molecule has 7 N–H and O–H groups in total. The molecule has 4 saturated carbocycles. The minimum absolute atomic E-state index is 0.0148. The highest BCUT2D eigenvalue weighted by Gasteiger charge is 2.62. The van der Waals surface area contributed by atoms with E-state index in [4.69, 9.17) is 16.2 Å². The fourth-order valence-corrected chi connectivity index (χ4v) is 11.6. The largest absolute Gasteiger partial charge is 0.467 e. The number of carbonyl (C=O) groups excluding carboxylic acids is 2. The van der Waals surface area contributed by atoms with E-state index < -0.39 is 6.04 Å². The maximum atomic E-state index is 12.9. The van der Waals surface area contributed by atoms with E-state index in [0.717, 1.165) is 77.9 Å². The van der Waals surface area contributed by atoms with Gasteiger partial charge in [-0.2, -0.15) is 0 Å². The van der Waals surface area contributed by atoms with Gasteiger partial charge in [0.25, 0.3) is 0 Å². The molecule has 4 aliphatic carbocycles. The molecular formula is C40H75N5O4. The zero-order valence-corrected chi connectivity index (χ0v) is 32.2. The van der Waals surface area contributed by atoms with Crippen LogP contribution in [0.25, 0.3) is 0 Å². The highest BCUT2D eigenvalue weighted by atomic mass is 16.5. The molecule has 0 heterocycles. The molecule has 49 heavy (non-hydrogen) atoms. The summed E-state index contributed by atoms with van der Waals surface area (Å²) in [4.78, 5) is 27.6. The van der Waals surface area contributed by atoms with E-state index in [-0.39, 0.29) is 29.3 Å². The van der Waals surface area contributed by atoms with Crippen molar-refractivity contribution < 1.29 is 19.4 Å². The summed E-state index contributed by atoms with van der Waals surface area (Å²) in [5, 5.41) is 18.6. The Morgan fingerprint density at radius 3 is 2.22 bits per heavy atom. The van der Waals surface area contributed by atoms with Crippen molar-refractivity contribution in [3.05, 3.63) is 0 Å². The molecule has 1 amide bonds. The van der Waals surface area contributed by atoms with E-state index >= 15 is 0 Å². The summed E-state index contributed by atoms with van der Waals surface area (Å²) in [7, 11) is 1.37. The van der Waals surface area contributed by atoms with Gasteiger partial charge in [0.15, 0.2) is 0 Å². The van der Waals surface area contributed by atoms with Crippen LogP contribution in [0, 0.1) is 58.2 Å². The lowest BCUT2D eigenvalue weighted by Crippen LogP contribution is -2.58. The lowest BCUT2D eigenvalue weighted by Gasteiger charge is -2.62. The number of rotatable bonds is 19. The van der Waals surface area contributed by atoms with Crippen molar-refractivity contribution in [2.24, 2.45) is 69.6 Å². The molecule has 11 atom stereocenters. The van der Waals surface area contributed by atoms with E-state index in [1.165, 1.54) is 52.1 Å². The molecule has 4 fully saturated rings. The highest BCUT2D eigenvalue weighted by molar-refractivity contribution is 5.84. The number of esters is 1. The number of hydrogen-bond donors (Lipinski definition) is 5. The molecule has 0 aromatic carbocycles. The van der Waals surface area contributed by atoms with Crippen molar-refractivity contribution in [3.63, 3.8) is 0 Å². The number of nitrogens with one attached hydrogen (secondary N) is 2. The van der Waals surface area contributed by atoms with E-state index in [0.29, 0.717) is 53.3 Å². The lowest BCUT2D eigenvalue weighted by molar-refractivity contribution is -0.169. The number of ether oxygens (including phenoxy) is 1. The summed E-state index contributed by atoms with van der Waals surface area (Å²) in [6.45, 7) is 18.2. The van der Waals surface area contributed by atoms with Gasteiger partial charge < -0.3 is 36.8 Å². The number of methoxy groups -OCH3 is 1. The fourth-order valence-electron chi connectivity index (χ4n) is 11.6. The van der Waals surface area contributed by atoms with E-state index in [1.807, 2.05) is 13.8 Å². The maximum absolute atomic E-state index is 12.9. The van der Waals surface area contributed by atoms with Crippen molar-refractivity contribution in [3.8, 4) is 0 Å². The molecule has 4 rings (SSSR count). The van der Waals surface area contributed by atoms with Crippen molar-refractivity contribution >= 4 is 11.9 Å². The van der Waals surface area contributed by atoms with Crippen LogP contribution in [-0.4, -0.2) is 87.0 Å². The van der Waals surface area contributed by atoms with Gasteiger partial charge in [0, 0.05) is 6.42 Å². The normalized spacial score (nSPS) is 35.4. The number of nitrogens with zero attached hydrogens (tertiary/aromatic N) is 1. The van der Waals surface area contributed by atoms with E-state index in [1.54, 1.807) is 0 Å². The van der Waals surface area contributed by atoms with Gasteiger partial charge in [-0.1, -0.05) is 34.6 Å². The van der Waals surface area contributed by atoms with Crippen LogP contribution in [0.4, 0.5) is 0 Å². The molecule has 0 aliphatic heterocycles. The van der Waals surface area contributed by atoms with Gasteiger partial charge in [-0.15, -0.1) is 0 Å². The quantitative estimate of drug-likeness (QED) is 0.0949. The first-order chi connectivity index (χ1) is 23.4. The summed E-state index contributed by atoms with van der Waals surface area (Å²) in [5.41, 5.74) is 12.1. The van der Waals surface area contributed by atoms with Crippen LogP contribution in [0.1, 0.15) is 118 Å². The summed E-state index contributed by atoms with van der Waals surface area (Å²) in [6, 6.07) is -0.597. The Labute approximate surface area is 299 Å². The van der Waals surface area contributed by atoms with Gasteiger partial charge in [0.1, 0.15) is 6.04 Å². The maximum Gasteiger partial charge on any atom is 0.328 e. The van der Waals surface area contributed by atoms with Crippen LogP contribution in [0.3, 0.4) is 0 Å². The number of aliphatic hydroxyl groups is 1. The predicted molar refractivity (Wildman–Crippen MR) is 199 cm³/mol.